The summed E-state index contributed by atoms with van der Waals surface area (Å²) < 4.78 is 9.86. The van der Waals surface area contributed by atoms with Crippen LogP contribution in [0.5, 0.6) is 0 Å². The summed E-state index contributed by atoms with van der Waals surface area (Å²) in [6.07, 6.45) is 4.62. The van der Waals surface area contributed by atoms with Crippen molar-refractivity contribution in [1.29, 1.82) is 0 Å². The van der Waals surface area contributed by atoms with Crippen molar-refractivity contribution in [3.63, 3.8) is 0 Å². The van der Waals surface area contributed by atoms with Crippen LogP contribution in [0.1, 0.15) is 10.6 Å². The molecule has 0 fully saturated rings. The van der Waals surface area contributed by atoms with E-state index >= 15 is 0 Å². The summed E-state index contributed by atoms with van der Waals surface area (Å²) in [6, 6.07) is 0. The molecule has 12 heavy (non-hydrogen) atoms. The summed E-state index contributed by atoms with van der Waals surface area (Å²) in [7, 11) is 0. The topological polar surface area (TPSA) is 69.1 Å². The summed E-state index contributed by atoms with van der Waals surface area (Å²) in [5, 5.41) is 0. The molecule has 0 aromatic carbocycles. The van der Waals surface area contributed by atoms with Crippen molar-refractivity contribution in [3.8, 4) is 11.7 Å². The molecular weight excluding hydrogens is 160 g/mol. The fourth-order valence-electron chi connectivity index (χ4n) is 0.776. The van der Waals surface area contributed by atoms with E-state index in [0.717, 1.165) is 0 Å². The minimum Gasteiger partial charge on any atom is -0.438 e. The van der Waals surface area contributed by atoms with E-state index in [0.29, 0.717) is 12.0 Å². The van der Waals surface area contributed by atoms with Crippen LogP contribution in [-0.4, -0.2) is 16.3 Å². The Hall–Kier alpha value is -1.91. The van der Waals surface area contributed by atoms with Gasteiger partial charge in [-0.25, -0.2) is 9.97 Å². The highest BCUT2D eigenvalue weighted by molar-refractivity contribution is 5.70. The van der Waals surface area contributed by atoms with E-state index in [-0.39, 0.29) is 11.7 Å². The maximum atomic E-state index is 10.2. The van der Waals surface area contributed by atoms with Crippen molar-refractivity contribution in [1.82, 2.24) is 9.97 Å². The van der Waals surface area contributed by atoms with Crippen LogP contribution >= 0.6 is 0 Å². The monoisotopic (exact) mass is 164 g/mol. The van der Waals surface area contributed by atoms with E-state index in [1.54, 1.807) is 0 Å². The molecule has 0 aliphatic rings. The van der Waals surface area contributed by atoms with Crippen LogP contribution < -0.4 is 0 Å². The smallest absolute Gasteiger partial charge is 0.265 e. The second-order valence-electron chi connectivity index (χ2n) is 2.05. The van der Waals surface area contributed by atoms with Crippen molar-refractivity contribution in [2.75, 3.05) is 0 Å². The van der Waals surface area contributed by atoms with Crippen LogP contribution in [0.2, 0.25) is 0 Å². The highest BCUT2D eigenvalue weighted by Crippen LogP contribution is 2.16. The average Bonchev–Trinajstić information content (AvgIpc) is 2.75. The van der Waals surface area contributed by atoms with Gasteiger partial charge in [-0.15, -0.1) is 0 Å². The van der Waals surface area contributed by atoms with Crippen molar-refractivity contribution in [3.05, 3.63) is 24.5 Å². The predicted molar refractivity (Wildman–Crippen MR) is 37.4 cm³/mol. The minimum atomic E-state index is 0.168. The lowest BCUT2D eigenvalue weighted by Crippen LogP contribution is -1.69. The van der Waals surface area contributed by atoms with Crippen molar-refractivity contribution >= 4 is 6.29 Å². The molecule has 5 nitrogen and oxygen atoms in total. The normalized spacial score (nSPS) is 10.0. The predicted octanol–water partition coefficient (Wildman–Crippen LogP) is 1.14. The molecular formula is C7H4N2O3. The van der Waals surface area contributed by atoms with Gasteiger partial charge in [-0.3, -0.25) is 4.79 Å². The second-order valence-corrected chi connectivity index (χ2v) is 2.05. The fourth-order valence-corrected chi connectivity index (χ4v) is 0.776. The molecule has 0 radical (unpaired) electrons. The van der Waals surface area contributed by atoms with Gasteiger partial charge in [0.15, 0.2) is 18.4 Å². The summed E-state index contributed by atoms with van der Waals surface area (Å²) in [5.41, 5.74) is 0. The van der Waals surface area contributed by atoms with Crippen LogP contribution in [0.15, 0.2) is 27.6 Å². The van der Waals surface area contributed by atoms with Gasteiger partial charge in [0.1, 0.15) is 0 Å². The Morgan fingerprint density at radius 3 is 2.92 bits per heavy atom. The Morgan fingerprint density at radius 1 is 1.42 bits per heavy atom. The van der Waals surface area contributed by atoms with Gasteiger partial charge in [0.05, 0.1) is 12.4 Å². The molecule has 0 aliphatic carbocycles. The summed E-state index contributed by atoms with van der Waals surface area (Å²) in [6.45, 7) is 0. The molecule has 0 atom stereocenters. The fraction of sp³-hybridized carbons (Fsp3) is 0. The van der Waals surface area contributed by atoms with Gasteiger partial charge in [-0.1, -0.05) is 0 Å². The van der Waals surface area contributed by atoms with Gasteiger partial charge in [-0.2, -0.15) is 0 Å². The van der Waals surface area contributed by atoms with Gasteiger partial charge in [0, 0.05) is 0 Å². The molecule has 0 unspecified atom stereocenters. The molecule has 0 spiro atoms. The summed E-state index contributed by atoms with van der Waals surface area (Å²) in [5.74, 6) is 0.833. The molecule has 2 aromatic rings. The Labute approximate surface area is 67.0 Å². The third-order valence-electron chi connectivity index (χ3n) is 1.28. The Balaban J connectivity index is 2.41. The number of hydrogen-bond acceptors (Lipinski definition) is 5. The SMILES string of the molecule is O=Cc1cnc(-c2cnco2)o1. The van der Waals surface area contributed by atoms with Crippen molar-refractivity contribution in [2.24, 2.45) is 0 Å². The summed E-state index contributed by atoms with van der Waals surface area (Å²) >= 11 is 0. The number of nitrogens with zero attached hydrogens (tertiary/aromatic N) is 2. The van der Waals surface area contributed by atoms with Gasteiger partial charge < -0.3 is 8.83 Å². The summed E-state index contributed by atoms with van der Waals surface area (Å²) in [4.78, 5) is 17.7. The number of carbonyl (C=O) groups is 1. The number of rotatable bonds is 2. The van der Waals surface area contributed by atoms with Crippen LogP contribution in [0, 0.1) is 0 Å². The van der Waals surface area contributed by atoms with Gasteiger partial charge >= 0.3 is 0 Å². The van der Waals surface area contributed by atoms with Gasteiger partial charge in [0.2, 0.25) is 5.76 Å². The lowest BCUT2D eigenvalue weighted by atomic mass is 10.5. The molecule has 0 saturated carbocycles. The highest BCUT2D eigenvalue weighted by Gasteiger charge is 2.08. The van der Waals surface area contributed by atoms with E-state index in [1.165, 1.54) is 18.8 Å². The first-order valence-corrected chi connectivity index (χ1v) is 3.20. The van der Waals surface area contributed by atoms with Crippen LogP contribution in [0.3, 0.4) is 0 Å². The highest BCUT2D eigenvalue weighted by atomic mass is 16.4. The average molecular weight is 164 g/mol. The largest absolute Gasteiger partial charge is 0.438 e. The number of oxazole rings is 2. The van der Waals surface area contributed by atoms with E-state index in [1.807, 2.05) is 0 Å². The van der Waals surface area contributed by atoms with E-state index in [4.69, 9.17) is 8.83 Å². The quantitative estimate of drug-likeness (QED) is 0.622. The molecule has 2 heterocycles. The standard InChI is InChI=1S/C7H4N2O3/c10-3-5-1-9-7(12-5)6-2-8-4-11-6/h1-4H. The van der Waals surface area contributed by atoms with Crippen LogP contribution in [0.25, 0.3) is 11.7 Å². The lowest BCUT2D eigenvalue weighted by molar-refractivity contribution is 0.110. The maximum absolute atomic E-state index is 10.2. The third-order valence-corrected chi connectivity index (χ3v) is 1.28. The molecule has 0 saturated heterocycles. The molecule has 5 heteroatoms. The first kappa shape index (κ1) is 6.78. The molecule has 2 rings (SSSR count). The minimum absolute atomic E-state index is 0.168. The van der Waals surface area contributed by atoms with Gasteiger partial charge in [0.25, 0.3) is 5.89 Å². The first-order valence-electron chi connectivity index (χ1n) is 3.20. The van der Waals surface area contributed by atoms with Crippen molar-refractivity contribution in [2.45, 2.75) is 0 Å². The lowest BCUT2D eigenvalue weighted by Gasteiger charge is -1.83. The van der Waals surface area contributed by atoms with Gasteiger partial charge in [-0.05, 0) is 0 Å². The van der Waals surface area contributed by atoms with E-state index < -0.39 is 0 Å². The molecule has 0 aliphatic heterocycles. The zero-order valence-corrected chi connectivity index (χ0v) is 5.93. The first-order chi connectivity index (χ1) is 5.90. The number of aromatic nitrogens is 2. The number of aldehydes is 1. The molecule has 0 amide bonds. The molecule has 2 aromatic heterocycles. The maximum Gasteiger partial charge on any atom is 0.265 e. The zero-order valence-electron chi connectivity index (χ0n) is 5.93. The van der Waals surface area contributed by atoms with Crippen LogP contribution in [-0.2, 0) is 0 Å². The second kappa shape index (κ2) is 2.61. The molecule has 0 bridgehead atoms. The molecule has 0 N–H and O–H groups in total. The van der Waals surface area contributed by atoms with Crippen molar-refractivity contribution < 1.29 is 13.6 Å². The number of hydrogen-bond donors (Lipinski definition) is 0. The zero-order chi connectivity index (χ0) is 8.39. The third kappa shape index (κ3) is 1.01. The van der Waals surface area contributed by atoms with E-state index in [2.05, 4.69) is 9.97 Å². The van der Waals surface area contributed by atoms with E-state index in [9.17, 15) is 4.79 Å². The van der Waals surface area contributed by atoms with Crippen LogP contribution in [0.4, 0.5) is 0 Å². The number of carbonyl (C=O) groups excluding carboxylic acids is 1. The Morgan fingerprint density at radius 2 is 2.33 bits per heavy atom. The molecule has 60 valence electrons. The Kier molecular flexibility index (Phi) is 1.48. The Bertz CT molecular complexity index is 377.